The Bertz CT molecular complexity index is 928. The minimum absolute atomic E-state index is 0.0998. The minimum Gasteiger partial charge on any atom is -0.453 e. The standard InChI is InChI=1S/C21H29N3O5S/c1-14-8-3-5-10-17(14)23-21(26)15(2)29-19(25)12-7-13-22-20-16-9-4-6-11-18(16)30(27,28)24-20/h4,6,9,11,14-15,17H,3,5,7-8,10,12-13H2,1-2H3,(H,22,24)(H,23,26)/t14-,15-,17+/m1/s1. The van der Waals surface area contributed by atoms with E-state index >= 15 is 0 Å². The van der Waals surface area contributed by atoms with Gasteiger partial charge in [0.15, 0.2) is 6.10 Å². The maximum Gasteiger partial charge on any atom is 0.306 e. The summed E-state index contributed by atoms with van der Waals surface area (Å²) in [6.45, 7) is 3.97. The van der Waals surface area contributed by atoms with Crippen LogP contribution in [0.25, 0.3) is 0 Å². The molecule has 1 heterocycles. The molecule has 0 saturated heterocycles. The van der Waals surface area contributed by atoms with Crippen LogP contribution in [0.1, 0.15) is 57.9 Å². The second-order valence-corrected chi connectivity index (χ2v) is 9.60. The fraction of sp³-hybridized carbons (Fsp3) is 0.571. The van der Waals surface area contributed by atoms with Crippen LogP contribution in [0.4, 0.5) is 0 Å². The Morgan fingerprint density at radius 3 is 2.77 bits per heavy atom. The summed E-state index contributed by atoms with van der Waals surface area (Å²) >= 11 is 0. The molecule has 0 bridgehead atoms. The molecule has 9 heteroatoms. The Kier molecular flexibility index (Phi) is 7.12. The number of hydrogen-bond donors (Lipinski definition) is 2. The number of carbonyl (C=O) groups excluding carboxylic acids is 2. The molecule has 8 nitrogen and oxygen atoms in total. The Labute approximate surface area is 177 Å². The molecule has 2 aliphatic rings. The molecule has 2 N–H and O–H groups in total. The van der Waals surface area contributed by atoms with Crippen LogP contribution < -0.4 is 10.0 Å². The SMILES string of the molecule is C[C@@H]1CCCC[C@@H]1NC(=O)[C@@H](C)OC(=O)CCCN=C1NS(=O)(=O)c2ccccc21. The highest BCUT2D eigenvalue weighted by molar-refractivity contribution is 7.90. The fourth-order valence-corrected chi connectivity index (χ4v) is 5.06. The number of carbonyl (C=O) groups is 2. The van der Waals surface area contributed by atoms with Crippen molar-refractivity contribution >= 4 is 27.7 Å². The number of nitrogens with one attached hydrogen (secondary N) is 2. The van der Waals surface area contributed by atoms with E-state index in [0.29, 0.717) is 17.9 Å². The number of aliphatic imine (C=N–C) groups is 1. The first-order valence-corrected chi connectivity index (χ1v) is 11.9. The molecule has 0 radical (unpaired) electrons. The van der Waals surface area contributed by atoms with Gasteiger partial charge in [-0.3, -0.25) is 19.3 Å². The molecule has 0 spiro atoms. The summed E-state index contributed by atoms with van der Waals surface area (Å²) in [6, 6.07) is 6.75. The lowest BCUT2D eigenvalue weighted by Crippen LogP contribution is -2.45. The zero-order chi connectivity index (χ0) is 21.7. The van der Waals surface area contributed by atoms with Gasteiger partial charge in [-0.05, 0) is 44.2 Å². The predicted octanol–water partition coefficient (Wildman–Crippen LogP) is 2.13. The molecule has 1 amide bonds. The van der Waals surface area contributed by atoms with Crippen LogP contribution in [0.5, 0.6) is 0 Å². The summed E-state index contributed by atoms with van der Waals surface area (Å²) in [5, 5.41) is 2.99. The molecule has 0 unspecified atom stereocenters. The van der Waals surface area contributed by atoms with E-state index in [-0.39, 0.29) is 35.6 Å². The first kappa shape index (κ1) is 22.3. The topological polar surface area (TPSA) is 114 Å². The van der Waals surface area contributed by atoms with Gasteiger partial charge < -0.3 is 10.1 Å². The van der Waals surface area contributed by atoms with Crippen molar-refractivity contribution in [1.82, 2.24) is 10.0 Å². The third-order valence-corrected chi connectivity index (χ3v) is 6.99. The van der Waals surface area contributed by atoms with E-state index in [1.54, 1.807) is 25.1 Å². The molecule has 1 aliphatic heterocycles. The van der Waals surface area contributed by atoms with Crippen molar-refractivity contribution in [2.75, 3.05) is 6.54 Å². The number of nitrogens with zero attached hydrogens (tertiary/aromatic N) is 1. The van der Waals surface area contributed by atoms with Crippen molar-refractivity contribution in [1.29, 1.82) is 0 Å². The zero-order valence-corrected chi connectivity index (χ0v) is 18.2. The summed E-state index contributed by atoms with van der Waals surface area (Å²) in [4.78, 5) is 28.8. The first-order valence-electron chi connectivity index (χ1n) is 10.4. The second-order valence-electron chi connectivity index (χ2n) is 7.94. The molecule has 1 aliphatic carbocycles. The van der Waals surface area contributed by atoms with E-state index < -0.39 is 22.1 Å². The number of fused-ring (bicyclic) bond motifs is 1. The molecular formula is C21H29N3O5S. The monoisotopic (exact) mass is 435 g/mol. The predicted molar refractivity (Wildman–Crippen MR) is 113 cm³/mol. The van der Waals surface area contributed by atoms with E-state index in [0.717, 1.165) is 19.3 Å². The third kappa shape index (κ3) is 5.38. The van der Waals surface area contributed by atoms with Gasteiger partial charge in [-0.15, -0.1) is 0 Å². The average Bonchev–Trinajstić information content (AvgIpc) is 2.97. The van der Waals surface area contributed by atoms with Gasteiger partial charge in [-0.2, -0.15) is 0 Å². The van der Waals surface area contributed by atoms with Gasteiger partial charge in [0.05, 0.1) is 4.90 Å². The second kappa shape index (κ2) is 9.59. The summed E-state index contributed by atoms with van der Waals surface area (Å²) in [6.07, 6.45) is 4.00. The van der Waals surface area contributed by atoms with E-state index in [1.165, 1.54) is 12.5 Å². The lowest BCUT2D eigenvalue weighted by atomic mass is 9.86. The van der Waals surface area contributed by atoms with Crippen LogP contribution in [-0.4, -0.2) is 44.8 Å². The van der Waals surface area contributed by atoms with E-state index in [1.807, 2.05) is 0 Å². The summed E-state index contributed by atoms with van der Waals surface area (Å²) in [7, 11) is -3.57. The van der Waals surface area contributed by atoms with Crippen molar-refractivity contribution in [2.24, 2.45) is 10.9 Å². The highest BCUT2D eigenvalue weighted by atomic mass is 32.2. The average molecular weight is 436 g/mol. The maximum atomic E-state index is 12.3. The molecule has 30 heavy (non-hydrogen) atoms. The smallest absolute Gasteiger partial charge is 0.306 e. The van der Waals surface area contributed by atoms with Gasteiger partial charge in [0.1, 0.15) is 5.84 Å². The van der Waals surface area contributed by atoms with Gasteiger partial charge in [-0.25, -0.2) is 8.42 Å². The van der Waals surface area contributed by atoms with Crippen LogP contribution in [-0.2, 0) is 24.3 Å². The van der Waals surface area contributed by atoms with Gasteiger partial charge in [0.2, 0.25) is 0 Å². The summed E-state index contributed by atoms with van der Waals surface area (Å²) < 4.78 is 31.8. The number of ether oxygens (including phenoxy) is 1. The Morgan fingerprint density at radius 1 is 1.27 bits per heavy atom. The molecular weight excluding hydrogens is 406 g/mol. The highest BCUT2D eigenvalue weighted by Crippen LogP contribution is 2.24. The Balaban J connectivity index is 1.43. The Hall–Kier alpha value is -2.42. The number of rotatable bonds is 7. The quantitative estimate of drug-likeness (QED) is 0.503. The molecule has 0 aromatic heterocycles. The summed E-state index contributed by atoms with van der Waals surface area (Å²) in [5.74, 6) is -0.0163. The zero-order valence-electron chi connectivity index (χ0n) is 17.4. The van der Waals surface area contributed by atoms with Crippen molar-refractivity contribution in [3.8, 4) is 0 Å². The number of benzene rings is 1. The summed E-state index contributed by atoms with van der Waals surface area (Å²) in [5.41, 5.74) is 0.530. The van der Waals surface area contributed by atoms with Crippen molar-refractivity contribution in [2.45, 2.75) is 69.4 Å². The van der Waals surface area contributed by atoms with Gasteiger partial charge in [0, 0.05) is 24.6 Å². The normalized spacial score (nSPS) is 24.5. The third-order valence-electron chi connectivity index (χ3n) is 5.59. The number of amidine groups is 1. The first-order chi connectivity index (χ1) is 14.3. The number of sulfonamides is 1. The molecule has 164 valence electrons. The van der Waals surface area contributed by atoms with Gasteiger partial charge >= 0.3 is 5.97 Å². The van der Waals surface area contributed by atoms with Crippen LogP contribution in [0.3, 0.4) is 0 Å². The van der Waals surface area contributed by atoms with Crippen molar-refractivity contribution in [3.05, 3.63) is 29.8 Å². The fourth-order valence-electron chi connectivity index (χ4n) is 3.81. The number of hydrogen-bond acceptors (Lipinski definition) is 6. The molecule has 1 saturated carbocycles. The van der Waals surface area contributed by atoms with Crippen LogP contribution >= 0.6 is 0 Å². The van der Waals surface area contributed by atoms with Gasteiger partial charge in [-0.1, -0.05) is 31.9 Å². The van der Waals surface area contributed by atoms with Crippen LogP contribution in [0.2, 0.25) is 0 Å². The molecule has 3 rings (SSSR count). The largest absolute Gasteiger partial charge is 0.453 e. The van der Waals surface area contributed by atoms with Crippen molar-refractivity contribution < 1.29 is 22.7 Å². The Morgan fingerprint density at radius 2 is 2.00 bits per heavy atom. The number of esters is 1. The van der Waals surface area contributed by atoms with Gasteiger partial charge in [0.25, 0.3) is 15.9 Å². The lowest BCUT2D eigenvalue weighted by molar-refractivity contribution is -0.155. The lowest BCUT2D eigenvalue weighted by Gasteiger charge is -2.30. The van der Waals surface area contributed by atoms with Crippen LogP contribution in [0.15, 0.2) is 34.2 Å². The van der Waals surface area contributed by atoms with E-state index in [4.69, 9.17) is 4.74 Å². The van der Waals surface area contributed by atoms with Crippen LogP contribution in [0, 0.1) is 5.92 Å². The van der Waals surface area contributed by atoms with E-state index in [2.05, 4.69) is 22.0 Å². The minimum atomic E-state index is -3.57. The maximum absolute atomic E-state index is 12.3. The molecule has 3 atom stereocenters. The van der Waals surface area contributed by atoms with Crippen molar-refractivity contribution in [3.63, 3.8) is 0 Å². The molecule has 1 fully saturated rings. The number of amides is 1. The van der Waals surface area contributed by atoms with E-state index in [9.17, 15) is 18.0 Å². The molecule has 1 aromatic carbocycles. The molecule has 1 aromatic rings. The highest BCUT2D eigenvalue weighted by Gasteiger charge is 2.30.